The molecule has 12 rings (SSSR count). The molecule has 65 heavy (non-hydrogen) atoms. The summed E-state index contributed by atoms with van der Waals surface area (Å²) in [7, 11) is 0. The van der Waals surface area contributed by atoms with Crippen molar-refractivity contribution < 1.29 is 4.42 Å². The number of hydrogen-bond donors (Lipinski definition) is 0. The van der Waals surface area contributed by atoms with E-state index in [0.29, 0.717) is 0 Å². The first kappa shape index (κ1) is 38.9. The summed E-state index contributed by atoms with van der Waals surface area (Å²) in [6, 6.07) is 67.8. The third kappa shape index (κ3) is 6.29. The Morgan fingerprint density at radius 1 is 0.400 bits per heavy atom. The van der Waals surface area contributed by atoms with Gasteiger partial charge in [0.25, 0.3) is 6.71 Å². The van der Waals surface area contributed by atoms with E-state index >= 15 is 0 Å². The van der Waals surface area contributed by atoms with Crippen LogP contribution in [0, 0.1) is 41.5 Å². The van der Waals surface area contributed by atoms with Crippen LogP contribution in [0.1, 0.15) is 33.4 Å². The molecule has 0 fully saturated rings. The summed E-state index contributed by atoms with van der Waals surface area (Å²) in [6.07, 6.45) is 0. The highest BCUT2D eigenvalue weighted by Crippen LogP contribution is 2.49. The molecule has 312 valence electrons. The summed E-state index contributed by atoms with van der Waals surface area (Å²) >= 11 is 0. The van der Waals surface area contributed by atoms with Crippen molar-refractivity contribution in [3.8, 4) is 11.1 Å². The zero-order chi connectivity index (χ0) is 44.1. The molecular weight excluding hydrogens is 789 g/mol. The van der Waals surface area contributed by atoms with Crippen LogP contribution < -0.4 is 31.1 Å². The number of hydrogen-bond acceptors (Lipinski definition) is 4. The van der Waals surface area contributed by atoms with Crippen LogP contribution in [-0.4, -0.2) is 6.71 Å². The predicted molar refractivity (Wildman–Crippen MR) is 276 cm³/mol. The molecule has 1 aromatic heterocycles. The average molecular weight is 838 g/mol. The zero-order valence-corrected chi connectivity index (χ0v) is 37.6. The van der Waals surface area contributed by atoms with Crippen LogP contribution >= 0.6 is 0 Å². The van der Waals surface area contributed by atoms with Crippen molar-refractivity contribution in [2.45, 2.75) is 41.5 Å². The topological polar surface area (TPSA) is 22.9 Å². The zero-order valence-electron chi connectivity index (χ0n) is 37.6. The predicted octanol–water partition coefficient (Wildman–Crippen LogP) is 14.7. The van der Waals surface area contributed by atoms with Crippen molar-refractivity contribution in [2.75, 3.05) is 14.7 Å². The Morgan fingerprint density at radius 3 is 1.54 bits per heavy atom. The number of nitrogens with zero attached hydrogens (tertiary/aromatic N) is 3. The SMILES string of the molecule is Cc1ccc(N(c2ccc(C)cc2)c2cc3c4c(c2)N(c2ccc(C)cc2)c2cc(-c5cccc6oc7ccccc7c56)c(C)cc2B4c2cc(C)ccc2N3c2ccc(C)cc2)cc1. The minimum absolute atomic E-state index is 0.0344. The third-order valence-corrected chi connectivity index (χ3v) is 13.7. The third-order valence-electron chi connectivity index (χ3n) is 13.7. The maximum absolute atomic E-state index is 6.48. The molecule has 0 amide bonds. The van der Waals surface area contributed by atoms with Gasteiger partial charge >= 0.3 is 0 Å². The molecule has 0 unspecified atom stereocenters. The highest BCUT2D eigenvalue weighted by Gasteiger charge is 2.44. The van der Waals surface area contributed by atoms with Crippen LogP contribution in [0.4, 0.5) is 51.2 Å². The van der Waals surface area contributed by atoms with Crippen LogP contribution in [0.2, 0.25) is 0 Å². The first-order valence-electron chi connectivity index (χ1n) is 22.7. The molecule has 9 aromatic carbocycles. The van der Waals surface area contributed by atoms with Crippen molar-refractivity contribution in [2.24, 2.45) is 0 Å². The van der Waals surface area contributed by atoms with E-state index in [4.69, 9.17) is 4.42 Å². The molecule has 2 aliphatic rings. The Morgan fingerprint density at radius 2 is 0.923 bits per heavy atom. The number of benzene rings is 9. The second-order valence-electron chi connectivity index (χ2n) is 18.2. The van der Waals surface area contributed by atoms with E-state index in [9.17, 15) is 0 Å². The van der Waals surface area contributed by atoms with E-state index in [-0.39, 0.29) is 6.71 Å². The second kappa shape index (κ2) is 14.9. The van der Waals surface area contributed by atoms with Gasteiger partial charge in [-0.05, 0) is 160 Å². The Bertz CT molecular complexity index is 3450. The quantitative estimate of drug-likeness (QED) is 0.156. The average Bonchev–Trinajstić information content (AvgIpc) is 3.70. The molecule has 0 saturated heterocycles. The molecule has 2 aliphatic heterocycles. The Balaban J connectivity index is 1.21. The summed E-state index contributed by atoms with van der Waals surface area (Å²) in [5.74, 6) is 0. The van der Waals surface area contributed by atoms with Crippen molar-refractivity contribution in [3.63, 3.8) is 0 Å². The van der Waals surface area contributed by atoms with E-state index in [1.165, 1.54) is 78.0 Å². The molecule has 0 aliphatic carbocycles. The lowest BCUT2D eigenvalue weighted by molar-refractivity contribution is 0.669. The first-order chi connectivity index (χ1) is 31.7. The second-order valence-corrected chi connectivity index (χ2v) is 18.2. The maximum Gasteiger partial charge on any atom is 0.252 e. The molecule has 0 N–H and O–H groups in total. The number of rotatable bonds is 6. The molecule has 0 atom stereocenters. The van der Waals surface area contributed by atoms with Gasteiger partial charge in [0, 0.05) is 56.3 Å². The first-order valence-corrected chi connectivity index (χ1v) is 22.7. The standard InChI is InChI=1S/C60H48BN3O/c1-37-14-23-43(24-15-37)62(44-25-16-38(2)17-26-44)47-34-55-60-56(35-47)64(46-29-20-40(4)21-30-46)54-36-50(48-11-9-13-58-59(48)49-10-7-8-12-57(49)65-58)42(6)33-52(54)61(60)51-32-41(5)22-31-53(51)63(55)45-27-18-39(3)19-28-45/h7-36H,1-6H3. The van der Waals surface area contributed by atoms with Gasteiger partial charge in [-0.3, -0.25) is 0 Å². The van der Waals surface area contributed by atoms with Crippen LogP contribution in [0.25, 0.3) is 33.1 Å². The molecular formula is C60H48BN3O. The fourth-order valence-corrected chi connectivity index (χ4v) is 10.5. The molecule has 5 heteroatoms. The van der Waals surface area contributed by atoms with Crippen LogP contribution in [0.5, 0.6) is 0 Å². The molecule has 3 heterocycles. The lowest BCUT2D eigenvalue weighted by Gasteiger charge is -2.45. The van der Waals surface area contributed by atoms with E-state index in [2.05, 4.69) is 238 Å². The van der Waals surface area contributed by atoms with Crippen molar-refractivity contribution >= 4 is 96.2 Å². The van der Waals surface area contributed by atoms with Gasteiger partial charge in [0.15, 0.2) is 0 Å². The molecule has 0 saturated carbocycles. The number of anilines is 9. The largest absolute Gasteiger partial charge is 0.456 e. The summed E-state index contributed by atoms with van der Waals surface area (Å²) in [5.41, 5.74) is 25.7. The van der Waals surface area contributed by atoms with Gasteiger partial charge < -0.3 is 19.1 Å². The van der Waals surface area contributed by atoms with Gasteiger partial charge in [0.05, 0.1) is 5.69 Å². The summed E-state index contributed by atoms with van der Waals surface area (Å²) in [6.45, 7) is 13.1. The minimum atomic E-state index is -0.0344. The van der Waals surface area contributed by atoms with Gasteiger partial charge in [-0.2, -0.15) is 0 Å². The highest BCUT2D eigenvalue weighted by molar-refractivity contribution is 7.00. The number of para-hydroxylation sites is 1. The van der Waals surface area contributed by atoms with Crippen molar-refractivity contribution in [1.29, 1.82) is 0 Å². The van der Waals surface area contributed by atoms with Crippen LogP contribution in [0.15, 0.2) is 186 Å². The van der Waals surface area contributed by atoms with Crippen LogP contribution in [-0.2, 0) is 0 Å². The lowest BCUT2D eigenvalue weighted by atomic mass is 9.33. The van der Waals surface area contributed by atoms with E-state index < -0.39 is 0 Å². The van der Waals surface area contributed by atoms with Crippen LogP contribution in [0.3, 0.4) is 0 Å². The van der Waals surface area contributed by atoms with Gasteiger partial charge in [0.1, 0.15) is 11.2 Å². The van der Waals surface area contributed by atoms with Crippen molar-refractivity contribution in [1.82, 2.24) is 0 Å². The molecule has 0 spiro atoms. The fourth-order valence-electron chi connectivity index (χ4n) is 10.5. The van der Waals surface area contributed by atoms with Gasteiger partial charge in [-0.15, -0.1) is 0 Å². The molecule has 0 radical (unpaired) electrons. The molecule has 4 nitrogen and oxygen atoms in total. The van der Waals surface area contributed by atoms with Gasteiger partial charge in [-0.25, -0.2) is 0 Å². The Labute approximate surface area is 381 Å². The molecule has 0 bridgehead atoms. The monoisotopic (exact) mass is 837 g/mol. The number of fused-ring (bicyclic) bond motifs is 7. The fraction of sp³-hybridized carbons (Fsp3) is 0.100. The number of furan rings is 1. The number of aryl methyl sites for hydroxylation is 6. The Hall–Kier alpha value is -7.76. The summed E-state index contributed by atoms with van der Waals surface area (Å²) < 4.78 is 6.48. The van der Waals surface area contributed by atoms with Gasteiger partial charge in [0.2, 0.25) is 0 Å². The smallest absolute Gasteiger partial charge is 0.252 e. The summed E-state index contributed by atoms with van der Waals surface area (Å²) in [5, 5.41) is 2.28. The van der Waals surface area contributed by atoms with E-state index in [1.807, 2.05) is 0 Å². The summed E-state index contributed by atoms with van der Waals surface area (Å²) in [4.78, 5) is 7.48. The van der Waals surface area contributed by atoms with Gasteiger partial charge in [-0.1, -0.05) is 125 Å². The molecule has 10 aromatic rings. The normalized spacial score (nSPS) is 12.7. The van der Waals surface area contributed by atoms with E-state index in [0.717, 1.165) is 56.1 Å². The van der Waals surface area contributed by atoms with Crippen molar-refractivity contribution in [3.05, 3.63) is 215 Å². The van der Waals surface area contributed by atoms with E-state index in [1.54, 1.807) is 0 Å². The lowest BCUT2D eigenvalue weighted by Crippen LogP contribution is -2.61. The minimum Gasteiger partial charge on any atom is -0.456 e. The maximum atomic E-state index is 6.48. The Kier molecular flexibility index (Phi) is 8.93. The highest BCUT2D eigenvalue weighted by atomic mass is 16.3.